The van der Waals surface area contributed by atoms with E-state index in [1.807, 2.05) is 0 Å². The van der Waals surface area contributed by atoms with Crippen molar-refractivity contribution in [3.05, 3.63) is 35.4 Å². The van der Waals surface area contributed by atoms with Gasteiger partial charge in [0.05, 0.1) is 5.60 Å². The summed E-state index contributed by atoms with van der Waals surface area (Å²) in [4.78, 5) is 0. The SMILES string of the molecule is CC1(C)Cc2ccccc2C1NCC1(O)CCC1. The van der Waals surface area contributed by atoms with E-state index in [4.69, 9.17) is 0 Å². The molecule has 0 aromatic heterocycles. The summed E-state index contributed by atoms with van der Waals surface area (Å²) in [6, 6.07) is 9.07. The molecule has 0 aliphatic heterocycles. The third kappa shape index (κ3) is 1.98. The van der Waals surface area contributed by atoms with Gasteiger partial charge in [-0.05, 0) is 42.2 Å². The number of benzene rings is 1. The zero-order valence-corrected chi connectivity index (χ0v) is 11.4. The molecule has 2 aliphatic carbocycles. The predicted molar refractivity (Wildman–Crippen MR) is 73.5 cm³/mol. The normalized spacial score (nSPS) is 27.6. The zero-order chi connectivity index (χ0) is 12.8. The summed E-state index contributed by atoms with van der Waals surface area (Å²) in [6.45, 7) is 5.36. The first-order valence-corrected chi connectivity index (χ1v) is 7.04. The molecular weight excluding hydrogens is 222 g/mol. The van der Waals surface area contributed by atoms with Crippen molar-refractivity contribution in [3.63, 3.8) is 0 Å². The van der Waals surface area contributed by atoms with Crippen molar-refractivity contribution in [2.24, 2.45) is 5.41 Å². The van der Waals surface area contributed by atoms with Crippen molar-refractivity contribution < 1.29 is 5.11 Å². The van der Waals surface area contributed by atoms with Gasteiger partial charge in [-0.15, -0.1) is 0 Å². The molecule has 0 spiro atoms. The van der Waals surface area contributed by atoms with Crippen molar-refractivity contribution >= 4 is 0 Å². The molecule has 1 unspecified atom stereocenters. The summed E-state index contributed by atoms with van der Waals surface area (Å²) >= 11 is 0. The van der Waals surface area contributed by atoms with Crippen LogP contribution in [0.15, 0.2) is 24.3 Å². The molecule has 1 saturated carbocycles. The number of rotatable bonds is 3. The topological polar surface area (TPSA) is 32.3 Å². The van der Waals surface area contributed by atoms with Gasteiger partial charge >= 0.3 is 0 Å². The van der Waals surface area contributed by atoms with Crippen LogP contribution in [0.1, 0.15) is 50.3 Å². The van der Waals surface area contributed by atoms with Crippen molar-refractivity contribution in [1.82, 2.24) is 5.32 Å². The molecule has 0 saturated heterocycles. The van der Waals surface area contributed by atoms with Crippen LogP contribution in [0.4, 0.5) is 0 Å². The maximum absolute atomic E-state index is 10.2. The van der Waals surface area contributed by atoms with Gasteiger partial charge in [-0.2, -0.15) is 0 Å². The van der Waals surface area contributed by atoms with Crippen LogP contribution in [0.25, 0.3) is 0 Å². The minimum Gasteiger partial charge on any atom is -0.389 e. The first kappa shape index (κ1) is 12.2. The van der Waals surface area contributed by atoms with Crippen LogP contribution < -0.4 is 5.32 Å². The molecule has 18 heavy (non-hydrogen) atoms. The second kappa shape index (κ2) is 4.07. The Morgan fingerprint density at radius 2 is 2.00 bits per heavy atom. The fourth-order valence-electron chi connectivity index (χ4n) is 3.43. The predicted octanol–water partition coefficient (Wildman–Crippen LogP) is 2.81. The van der Waals surface area contributed by atoms with Gasteiger partial charge in [-0.25, -0.2) is 0 Å². The van der Waals surface area contributed by atoms with Crippen LogP contribution in [0.3, 0.4) is 0 Å². The highest BCUT2D eigenvalue weighted by molar-refractivity contribution is 5.37. The Labute approximate surface area is 109 Å². The molecule has 2 aliphatic rings. The van der Waals surface area contributed by atoms with Gasteiger partial charge in [-0.1, -0.05) is 38.1 Å². The fourth-order valence-corrected chi connectivity index (χ4v) is 3.43. The van der Waals surface area contributed by atoms with E-state index in [-0.39, 0.29) is 5.41 Å². The van der Waals surface area contributed by atoms with E-state index in [2.05, 4.69) is 43.4 Å². The number of nitrogens with one attached hydrogen (secondary N) is 1. The molecule has 0 bridgehead atoms. The maximum Gasteiger partial charge on any atom is 0.0771 e. The molecule has 1 aromatic carbocycles. The molecule has 0 amide bonds. The van der Waals surface area contributed by atoms with E-state index >= 15 is 0 Å². The van der Waals surface area contributed by atoms with Crippen LogP contribution >= 0.6 is 0 Å². The van der Waals surface area contributed by atoms with E-state index in [0.29, 0.717) is 6.04 Å². The largest absolute Gasteiger partial charge is 0.389 e. The number of aliphatic hydroxyl groups is 1. The lowest BCUT2D eigenvalue weighted by atomic mass is 9.79. The summed E-state index contributed by atoms with van der Waals surface area (Å²) in [5, 5.41) is 13.8. The highest BCUT2D eigenvalue weighted by Crippen LogP contribution is 2.45. The molecule has 2 N–H and O–H groups in total. The van der Waals surface area contributed by atoms with Gasteiger partial charge in [0.1, 0.15) is 0 Å². The van der Waals surface area contributed by atoms with Gasteiger partial charge in [0.25, 0.3) is 0 Å². The van der Waals surface area contributed by atoms with Crippen molar-refractivity contribution in [1.29, 1.82) is 0 Å². The Morgan fingerprint density at radius 1 is 1.28 bits per heavy atom. The van der Waals surface area contributed by atoms with E-state index < -0.39 is 5.60 Å². The molecule has 98 valence electrons. The third-order valence-corrected chi connectivity index (χ3v) is 4.71. The molecule has 0 radical (unpaired) electrons. The summed E-state index contributed by atoms with van der Waals surface area (Å²) in [5.41, 5.74) is 2.68. The quantitative estimate of drug-likeness (QED) is 0.858. The van der Waals surface area contributed by atoms with Crippen LogP contribution in [0, 0.1) is 5.41 Å². The standard InChI is InChI=1S/C16H23NO/c1-15(2)10-12-6-3-4-7-13(12)14(15)17-11-16(18)8-5-9-16/h3-4,6-7,14,17-18H,5,8-11H2,1-2H3. The van der Waals surface area contributed by atoms with Crippen molar-refractivity contribution in [3.8, 4) is 0 Å². The Morgan fingerprint density at radius 3 is 2.67 bits per heavy atom. The highest BCUT2D eigenvalue weighted by atomic mass is 16.3. The van der Waals surface area contributed by atoms with Gasteiger partial charge in [0, 0.05) is 12.6 Å². The van der Waals surface area contributed by atoms with Crippen LogP contribution in [0.2, 0.25) is 0 Å². The lowest BCUT2D eigenvalue weighted by molar-refractivity contribution is -0.0357. The van der Waals surface area contributed by atoms with E-state index in [0.717, 1.165) is 25.8 Å². The minimum absolute atomic E-state index is 0.240. The smallest absolute Gasteiger partial charge is 0.0771 e. The molecular formula is C16H23NO. The van der Waals surface area contributed by atoms with Crippen LogP contribution in [-0.4, -0.2) is 17.3 Å². The molecule has 3 rings (SSSR count). The maximum atomic E-state index is 10.2. The van der Waals surface area contributed by atoms with Crippen molar-refractivity contribution in [2.45, 2.75) is 51.2 Å². The summed E-state index contributed by atoms with van der Waals surface area (Å²) < 4.78 is 0. The van der Waals surface area contributed by atoms with Gasteiger partial charge in [0.15, 0.2) is 0 Å². The number of fused-ring (bicyclic) bond motifs is 1. The van der Waals surface area contributed by atoms with Crippen LogP contribution in [-0.2, 0) is 6.42 Å². The van der Waals surface area contributed by atoms with Gasteiger partial charge in [0.2, 0.25) is 0 Å². The van der Waals surface area contributed by atoms with E-state index in [1.54, 1.807) is 0 Å². The number of hydrogen-bond donors (Lipinski definition) is 2. The van der Waals surface area contributed by atoms with Crippen LogP contribution in [0.5, 0.6) is 0 Å². The van der Waals surface area contributed by atoms with E-state index in [9.17, 15) is 5.11 Å². The Kier molecular flexibility index (Phi) is 2.76. The molecule has 1 atom stereocenters. The Hall–Kier alpha value is -0.860. The second-order valence-electron chi connectivity index (χ2n) is 6.76. The molecule has 0 heterocycles. The Balaban J connectivity index is 1.77. The van der Waals surface area contributed by atoms with Gasteiger partial charge in [-0.3, -0.25) is 0 Å². The average molecular weight is 245 g/mol. The lowest BCUT2D eigenvalue weighted by Crippen LogP contribution is -2.48. The Bertz CT molecular complexity index is 448. The molecule has 1 fully saturated rings. The third-order valence-electron chi connectivity index (χ3n) is 4.71. The molecule has 2 nitrogen and oxygen atoms in total. The highest BCUT2D eigenvalue weighted by Gasteiger charge is 2.41. The molecule has 1 aromatic rings. The fraction of sp³-hybridized carbons (Fsp3) is 0.625. The van der Waals surface area contributed by atoms with Crippen molar-refractivity contribution in [2.75, 3.05) is 6.54 Å². The second-order valence-corrected chi connectivity index (χ2v) is 6.76. The van der Waals surface area contributed by atoms with Gasteiger partial charge < -0.3 is 10.4 Å². The average Bonchev–Trinajstić information content (AvgIpc) is 2.54. The zero-order valence-electron chi connectivity index (χ0n) is 11.4. The number of hydrogen-bond acceptors (Lipinski definition) is 2. The first-order valence-electron chi connectivity index (χ1n) is 7.04. The first-order chi connectivity index (χ1) is 8.50. The summed E-state index contributed by atoms with van der Waals surface area (Å²) in [5.74, 6) is 0. The molecule has 2 heteroatoms. The minimum atomic E-state index is -0.437. The monoisotopic (exact) mass is 245 g/mol. The lowest BCUT2D eigenvalue weighted by Gasteiger charge is -2.39. The summed E-state index contributed by atoms with van der Waals surface area (Å²) in [6.07, 6.45) is 4.20. The van der Waals surface area contributed by atoms with E-state index in [1.165, 1.54) is 17.5 Å². The summed E-state index contributed by atoms with van der Waals surface area (Å²) in [7, 11) is 0.